The van der Waals surface area contributed by atoms with Crippen LogP contribution in [0.2, 0.25) is 0 Å². The molecule has 0 aliphatic rings. The number of rotatable bonds is 10. The lowest BCUT2D eigenvalue weighted by Gasteiger charge is -2.26. The van der Waals surface area contributed by atoms with Gasteiger partial charge in [-0.05, 0) is 73.4 Å². The van der Waals surface area contributed by atoms with Crippen molar-refractivity contribution in [1.82, 2.24) is 5.32 Å². The van der Waals surface area contributed by atoms with E-state index in [0.29, 0.717) is 12.2 Å². The van der Waals surface area contributed by atoms with Crippen LogP contribution in [0.4, 0.5) is 10.1 Å². The molecule has 192 valence electrons. The first-order valence-electron chi connectivity index (χ1n) is 11.5. The molecule has 0 aromatic heterocycles. The lowest BCUT2D eigenvalue weighted by Crippen LogP contribution is -2.42. The van der Waals surface area contributed by atoms with E-state index in [0.717, 1.165) is 33.1 Å². The molecule has 9 heteroatoms. The summed E-state index contributed by atoms with van der Waals surface area (Å²) in [5, 5.41) is 2.94. The summed E-state index contributed by atoms with van der Waals surface area (Å²) in [4.78, 5) is 13.1. The van der Waals surface area contributed by atoms with Crippen LogP contribution in [-0.2, 0) is 14.8 Å². The summed E-state index contributed by atoms with van der Waals surface area (Å²) in [6.07, 6.45) is 0.618. The topological polar surface area (TPSA) is 84.9 Å². The van der Waals surface area contributed by atoms with Crippen molar-refractivity contribution in [2.24, 2.45) is 0 Å². The summed E-state index contributed by atoms with van der Waals surface area (Å²) >= 11 is 0. The molecule has 0 aliphatic carbocycles. The number of carbonyl (C=O) groups excluding carboxylic acids is 1. The van der Waals surface area contributed by atoms with Gasteiger partial charge in [0.15, 0.2) is 11.5 Å². The Morgan fingerprint density at radius 3 is 2.19 bits per heavy atom. The van der Waals surface area contributed by atoms with Gasteiger partial charge in [-0.25, -0.2) is 12.8 Å². The van der Waals surface area contributed by atoms with Gasteiger partial charge in [0.25, 0.3) is 10.0 Å². The van der Waals surface area contributed by atoms with Crippen LogP contribution >= 0.6 is 0 Å². The number of benzene rings is 3. The minimum atomic E-state index is -4.22. The van der Waals surface area contributed by atoms with Crippen LogP contribution < -0.4 is 19.1 Å². The average molecular weight is 515 g/mol. The minimum absolute atomic E-state index is 0.0986. The minimum Gasteiger partial charge on any atom is -0.493 e. The second-order valence-corrected chi connectivity index (χ2v) is 10.2. The van der Waals surface area contributed by atoms with Crippen LogP contribution in [0.1, 0.15) is 36.1 Å². The molecule has 0 fully saturated rings. The van der Waals surface area contributed by atoms with Gasteiger partial charge in [-0.3, -0.25) is 9.10 Å². The molecular formula is C27H31FN2O5S. The molecule has 1 N–H and O–H groups in total. The van der Waals surface area contributed by atoms with Crippen molar-refractivity contribution >= 4 is 21.6 Å². The zero-order chi connectivity index (χ0) is 26.5. The van der Waals surface area contributed by atoms with E-state index < -0.39 is 28.3 Å². The fourth-order valence-electron chi connectivity index (χ4n) is 3.80. The summed E-state index contributed by atoms with van der Waals surface area (Å²) in [5.41, 5.74) is 3.33. The van der Waals surface area contributed by atoms with Crippen molar-refractivity contribution in [2.45, 2.75) is 38.1 Å². The van der Waals surface area contributed by atoms with Gasteiger partial charge in [0.05, 0.1) is 30.8 Å². The summed E-state index contributed by atoms with van der Waals surface area (Å²) in [7, 11) is -1.38. The maximum atomic E-state index is 13.7. The SMILES string of the molecule is CCC(NC(=O)CN(c1ccc(F)cc1)S(=O)(=O)c1ccc(OC)c(OC)c1)c1ccc(C)c(C)c1. The van der Waals surface area contributed by atoms with Gasteiger partial charge in [-0.2, -0.15) is 0 Å². The molecule has 0 heterocycles. The van der Waals surface area contributed by atoms with Crippen molar-refractivity contribution in [3.8, 4) is 11.5 Å². The Morgan fingerprint density at radius 1 is 0.944 bits per heavy atom. The first-order chi connectivity index (χ1) is 17.1. The van der Waals surface area contributed by atoms with Crippen molar-refractivity contribution in [1.29, 1.82) is 0 Å². The normalized spacial score (nSPS) is 12.1. The van der Waals surface area contributed by atoms with E-state index in [4.69, 9.17) is 9.47 Å². The first-order valence-corrected chi connectivity index (χ1v) is 12.9. The number of nitrogens with one attached hydrogen (secondary N) is 1. The van der Waals surface area contributed by atoms with Crippen molar-refractivity contribution < 1.29 is 27.1 Å². The predicted molar refractivity (Wildman–Crippen MR) is 138 cm³/mol. The third kappa shape index (κ3) is 5.96. The number of amides is 1. The molecule has 0 bridgehead atoms. The predicted octanol–water partition coefficient (Wildman–Crippen LogP) is 4.92. The maximum Gasteiger partial charge on any atom is 0.264 e. The van der Waals surface area contributed by atoms with Gasteiger partial charge in [-0.1, -0.05) is 25.1 Å². The number of methoxy groups -OCH3 is 2. The van der Waals surface area contributed by atoms with Gasteiger partial charge < -0.3 is 14.8 Å². The summed E-state index contributed by atoms with van der Waals surface area (Å²) in [6, 6.07) is 14.8. The number of aryl methyl sites for hydroxylation is 2. The fraction of sp³-hybridized carbons (Fsp3) is 0.296. The molecule has 0 aliphatic heterocycles. The van der Waals surface area contributed by atoms with E-state index in [1.807, 2.05) is 39.0 Å². The average Bonchev–Trinajstić information content (AvgIpc) is 2.87. The van der Waals surface area contributed by atoms with E-state index in [9.17, 15) is 17.6 Å². The number of carbonyl (C=O) groups is 1. The smallest absolute Gasteiger partial charge is 0.264 e. The number of ether oxygens (including phenoxy) is 2. The lowest BCUT2D eigenvalue weighted by molar-refractivity contribution is -0.120. The molecule has 3 aromatic rings. The van der Waals surface area contributed by atoms with E-state index in [-0.39, 0.29) is 22.4 Å². The van der Waals surface area contributed by atoms with Crippen LogP contribution in [0, 0.1) is 19.7 Å². The van der Waals surface area contributed by atoms with Crippen LogP contribution in [0.3, 0.4) is 0 Å². The van der Waals surface area contributed by atoms with Crippen molar-refractivity contribution in [2.75, 3.05) is 25.1 Å². The van der Waals surface area contributed by atoms with Gasteiger partial charge in [0, 0.05) is 6.07 Å². The molecule has 0 saturated heterocycles. The Balaban J connectivity index is 1.95. The van der Waals surface area contributed by atoms with Gasteiger partial charge >= 0.3 is 0 Å². The lowest BCUT2D eigenvalue weighted by atomic mass is 9.99. The molecular weight excluding hydrogens is 483 g/mol. The first kappa shape index (κ1) is 27.0. The number of hydrogen-bond donors (Lipinski definition) is 1. The van der Waals surface area contributed by atoms with Crippen molar-refractivity contribution in [3.05, 3.63) is 83.2 Å². The standard InChI is InChI=1S/C27H31FN2O5S/c1-6-24(20-8-7-18(2)19(3)15-20)29-27(31)17-30(22-11-9-21(28)10-12-22)36(32,33)23-13-14-25(34-4)26(16-23)35-5/h7-16,24H,6,17H2,1-5H3,(H,29,31). The molecule has 36 heavy (non-hydrogen) atoms. The van der Waals surface area contributed by atoms with Crippen molar-refractivity contribution in [3.63, 3.8) is 0 Å². The Hall–Kier alpha value is -3.59. The molecule has 0 saturated carbocycles. The third-order valence-corrected chi connectivity index (χ3v) is 7.79. The molecule has 1 atom stereocenters. The summed E-state index contributed by atoms with van der Waals surface area (Å²) in [5.74, 6) is -0.425. The highest BCUT2D eigenvalue weighted by molar-refractivity contribution is 7.92. The molecule has 3 aromatic carbocycles. The number of sulfonamides is 1. The second-order valence-electron chi connectivity index (χ2n) is 8.38. The second kappa shape index (κ2) is 11.4. The highest BCUT2D eigenvalue weighted by atomic mass is 32.2. The van der Waals surface area contributed by atoms with Gasteiger partial charge in [-0.15, -0.1) is 0 Å². The number of hydrogen-bond acceptors (Lipinski definition) is 5. The van der Waals surface area contributed by atoms with Crippen LogP contribution in [0.5, 0.6) is 11.5 Å². The van der Waals surface area contributed by atoms with Crippen LogP contribution in [0.15, 0.2) is 65.6 Å². The quantitative estimate of drug-likeness (QED) is 0.415. The molecule has 0 spiro atoms. The maximum absolute atomic E-state index is 13.7. The summed E-state index contributed by atoms with van der Waals surface area (Å²) < 4.78 is 52.4. The molecule has 1 amide bonds. The Labute approximate surface area is 211 Å². The van der Waals surface area contributed by atoms with E-state index in [2.05, 4.69) is 5.32 Å². The molecule has 7 nitrogen and oxygen atoms in total. The molecule has 3 rings (SSSR count). The Bertz CT molecular complexity index is 1330. The molecule has 0 radical (unpaired) electrons. The van der Waals surface area contributed by atoms with E-state index >= 15 is 0 Å². The van der Waals surface area contributed by atoms with Gasteiger partial charge in [0.2, 0.25) is 5.91 Å². The Kier molecular flexibility index (Phi) is 8.57. The monoisotopic (exact) mass is 514 g/mol. The third-order valence-electron chi connectivity index (χ3n) is 6.02. The van der Waals surface area contributed by atoms with E-state index in [1.165, 1.54) is 44.6 Å². The Morgan fingerprint density at radius 2 is 1.61 bits per heavy atom. The highest BCUT2D eigenvalue weighted by Gasteiger charge is 2.29. The van der Waals surface area contributed by atoms with Crippen LogP contribution in [-0.4, -0.2) is 35.1 Å². The van der Waals surface area contributed by atoms with Gasteiger partial charge in [0.1, 0.15) is 12.4 Å². The largest absolute Gasteiger partial charge is 0.493 e. The number of nitrogens with zero attached hydrogens (tertiary/aromatic N) is 1. The van der Waals surface area contributed by atoms with E-state index in [1.54, 1.807) is 0 Å². The fourth-order valence-corrected chi connectivity index (χ4v) is 5.24. The zero-order valence-corrected chi connectivity index (χ0v) is 21.9. The highest BCUT2D eigenvalue weighted by Crippen LogP contribution is 2.32. The summed E-state index contributed by atoms with van der Waals surface area (Å²) in [6.45, 7) is 5.46. The molecule has 1 unspecified atom stereocenters. The van der Waals surface area contributed by atoms with Crippen LogP contribution in [0.25, 0.3) is 0 Å². The number of halogens is 1. The number of anilines is 1. The zero-order valence-electron chi connectivity index (χ0n) is 21.0.